The van der Waals surface area contributed by atoms with Gasteiger partial charge in [0, 0.05) is 11.8 Å². The maximum Gasteiger partial charge on any atom is 0.264 e. The van der Waals surface area contributed by atoms with Crippen LogP contribution in [0.5, 0.6) is 0 Å². The van der Waals surface area contributed by atoms with Crippen molar-refractivity contribution in [1.82, 2.24) is 5.32 Å². The van der Waals surface area contributed by atoms with Crippen LogP contribution in [0.4, 0.5) is 0 Å². The molecule has 0 bridgehead atoms. The zero-order chi connectivity index (χ0) is 9.14. The van der Waals surface area contributed by atoms with Crippen molar-refractivity contribution in [2.45, 2.75) is 13.8 Å². The van der Waals surface area contributed by atoms with E-state index < -0.39 is 0 Å². The Hall–Kier alpha value is -0.770. The van der Waals surface area contributed by atoms with Gasteiger partial charge in [-0.15, -0.1) is 11.8 Å². The highest BCUT2D eigenvalue weighted by Gasteiger charge is 2.20. The number of carbonyl (C=O) groups excluding carboxylic acids is 2. The number of nitrogens with one attached hydrogen (secondary N) is 1. The molecule has 1 heterocycles. The number of imide groups is 1. The number of hydrogen-bond donors (Lipinski definition) is 1. The first-order chi connectivity index (χ1) is 5.59. The molecule has 0 atom stereocenters. The van der Waals surface area contributed by atoms with E-state index in [9.17, 15) is 9.59 Å². The van der Waals surface area contributed by atoms with E-state index in [-0.39, 0.29) is 11.8 Å². The van der Waals surface area contributed by atoms with Gasteiger partial charge in [0.2, 0.25) is 0 Å². The van der Waals surface area contributed by atoms with E-state index in [1.807, 2.05) is 0 Å². The zero-order valence-electron chi connectivity index (χ0n) is 7.09. The summed E-state index contributed by atoms with van der Waals surface area (Å²) in [7, 11) is 0. The quantitative estimate of drug-likeness (QED) is 0.665. The van der Waals surface area contributed by atoms with E-state index in [4.69, 9.17) is 0 Å². The van der Waals surface area contributed by atoms with Gasteiger partial charge in [-0.25, -0.2) is 0 Å². The Morgan fingerprint density at radius 1 is 1.50 bits per heavy atom. The Bertz CT molecular complexity index is 245. The molecule has 0 spiro atoms. The molecule has 0 aromatic carbocycles. The van der Waals surface area contributed by atoms with Crippen LogP contribution in [0.15, 0.2) is 11.0 Å². The standard InChI is InChI=1S/C8H11NO2S/c1-5(2)4-12-6-3-7(10)9-8(6)11/h3,5H,4H2,1-2H3,(H,9,10,11). The third-order valence-corrected chi connectivity index (χ3v) is 2.74. The molecule has 1 aliphatic heterocycles. The predicted molar refractivity (Wildman–Crippen MR) is 48.5 cm³/mol. The predicted octanol–water partition coefficient (Wildman–Crippen LogP) is 0.916. The molecule has 1 rings (SSSR count). The van der Waals surface area contributed by atoms with Crippen LogP contribution in [0.3, 0.4) is 0 Å². The zero-order valence-corrected chi connectivity index (χ0v) is 7.90. The number of amides is 2. The van der Waals surface area contributed by atoms with Gasteiger partial charge in [-0.05, 0) is 5.92 Å². The average molecular weight is 185 g/mol. The van der Waals surface area contributed by atoms with E-state index in [0.29, 0.717) is 10.8 Å². The van der Waals surface area contributed by atoms with E-state index in [1.165, 1.54) is 17.8 Å². The smallest absolute Gasteiger partial charge is 0.264 e. The summed E-state index contributed by atoms with van der Waals surface area (Å²) in [6, 6.07) is 0. The van der Waals surface area contributed by atoms with Crippen LogP contribution in [0, 0.1) is 5.92 Å². The first kappa shape index (κ1) is 9.32. The van der Waals surface area contributed by atoms with Crippen molar-refractivity contribution >= 4 is 23.6 Å². The molecule has 1 aliphatic rings. The first-order valence-corrected chi connectivity index (χ1v) is 4.78. The van der Waals surface area contributed by atoms with Crippen LogP contribution in [-0.4, -0.2) is 17.6 Å². The Balaban J connectivity index is 2.47. The summed E-state index contributed by atoms with van der Waals surface area (Å²) in [6.45, 7) is 4.14. The molecule has 0 radical (unpaired) electrons. The van der Waals surface area contributed by atoms with Crippen molar-refractivity contribution < 1.29 is 9.59 Å². The van der Waals surface area contributed by atoms with Gasteiger partial charge in [0.05, 0.1) is 4.91 Å². The largest absolute Gasteiger partial charge is 0.288 e. The molecule has 0 saturated carbocycles. The summed E-state index contributed by atoms with van der Waals surface area (Å²) in [5, 5.41) is 2.20. The molecule has 1 N–H and O–H groups in total. The molecule has 4 heteroatoms. The molecule has 0 aromatic heterocycles. The molecule has 0 saturated heterocycles. The van der Waals surface area contributed by atoms with Gasteiger partial charge in [0.15, 0.2) is 0 Å². The molecular formula is C8H11NO2S. The lowest BCUT2D eigenvalue weighted by Gasteiger charge is -2.02. The van der Waals surface area contributed by atoms with Crippen molar-refractivity contribution in [3.8, 4) is 0 Å². The van der Waals surface area contributed by atoms with E-state index in [2.05, 4.69) is 19.2 Å². The molecule has 2 amide bonds. The van der Waals surface area contributed by atoms with E-state index >= 15 is 0 Å². The van der Waals surface area contributed by atoms with Gasteiger partial charge in [0.1, 0.15) is 0 Å². The van der Waals surface area contributed by atoms with Crippen molar-refractivity contribution in [2.24, 2.45) is 5.92 Å². The lowest BCUT2D eigenvalue weighted by atomic mass is 10.3. The van der Waals surface area contributed by atoms with Crippen LogP contribution < -0.4 is 5.32 Å². The van der Waals surface area contributed by atoms with Gasteiger partial charge >= 0.3 is 0 Å². The number of thioether (sulfide) groups is 1. The van der Waals surface area contributed by atoms with Crippen LogP contribution in [-0.2, 0) is 9.59 Å². The van der Waals surface area contributed by atoms with Gasteiger partial charge in [-0.2, -0.15) is 0 Å². The third-order valence-electron chi connectivity index (χ3n) is 1.29. The minimum atomic E-state index is -0.300. The third kappa shape index (κ3) is 2.37. The normalized spacial score (nSPS) is 16.8. The highest BCUT2D eigenvalue weighted by atomic mass is 32.2. The topological polar surface area (TPSA) is 46.2 Å². The molecule has 3 nitrogen and oxygen atoms in total. The van der Waals surface area contributed by atoms with Gasteiger partial charge in [-0.1, -0.05) is 13.8 Å². The monoisotopic (exact) mass is 185 g/mol. The molecule has 0 fully saturated rings. The van der Waals surface area contributed by atoms with E-state index in [0.717, 1.165) is 5.75 Å². The second kappa shape index (κ2) is 3.76. The lowest BCUT2D eigenvalue weighted by molar-refractivity contribution is -0.123. The fraction of sp³-hybridized carbons (Fsp3) is 0.500. The van der Waals surface area contributed by atoms with Crippen molar-refractivity contribution in [3.05, 3.63) is 11.0 Å². The molecule has 0 unspecified atom stereocenters. The molecular weight excluding hydrogens is 174 g/mol. The Morgan fingerprint density at radius 2 is 2.17 bits per heavy atom. The Labute approximate surface area is 75.6 Å². The van der Waals surface area contributed by atoms with Crippen LogP contribution in [0.2, 0.25) is 0 Å². The van der Waals surface area contributed by atoms with Crippen molar-refractivity contribution in [3.63, 3.8) is 0 Å². The van der Waals surface area contributed by atoms with E-state index in [1.54, 1.807) is 0 Å². The van der Waals surface area contributed by atoms with Crippen LogP contribution in [0.25, 0.3) is 0 Å². The minimum Gasteiger partial charge on any atom is -0.288 e. The van der Waals surface area contributed by atoms with Crippen molar-refractivity contribution in [1.29, 1.82) is 0 Å². The minimum absolute atomic E-state index is 0.259. The highest BCUT2D eigenvalue weighted by molar-refractivity contribution is 8.04. The van der Waals surface area contributed by atoms with Gasteiger partial charge in [0.25, 0.3) is 11.8 Å². The highest BCUT2D eigenvalue weighted by Crippen LogP contribution is 2.21. The first-order valence-electron chi connectivity index (χ1n) is 3.79. The molecule has 12 heavy (non-hydrogen) atoms. The Kier molecular flexibility index (Phi) is 2.92. The summed E-state index contributed by atoms with van der Waals surface area (Å²) in [4.78, 5) is 22.2. The van der Waals surface area contributed by atoms with Gasteiger partial charge in [-0.3, -0.25) is 14.9 Å². The SMILES string of the molecule is CC(C)CSC1=CC(=O)NC1=O. The average Bonchev–Trinajstić information content (AvgIpc) is 2.26. The van der Waals surface area contributed by atoms with Crippen LogP contribution in [0.1, 0.15) is 13.8 Å². The number of rotatable bonds is 3. The summed E-state index contributed by atoms with van der Waals surface area (Å²) in [5.74, 6) is 0.836. The second-order valence-electron chi connectivity index (χ2n) is 3.03. The summed E-state index contributed by atoms with van der Waals surface area (Å²) < 4.78 is 0. The molecule has 66 valence electrons. The number of hydrogen-bond acceptors (Lipinski definition) is 3. The molecule has 0 aromatic rings. The molecule has 0 aliphatic carbocycles. The summed E-state index contributed by atoms with van der Waals surface area (Å²) in [5.41, 5.74) is 0. The fourth-order valence-electron chi connectivity index (χ4n) is 0.758. The Morgan fingerprint density at radius 3 is 2.58 bits per heavy atom. The summed E-state index contributed by atoms with van der Waals surface area (Å²) in [6.07, 6.45) is 1.36. The van der Waals surface area contributed by atoms with Crippen LogP contribution >= 0.6 is 11.8 Å². The maximum absolute atomic E-state index is 11.0. The second-order valence-corrected chi connectivity index (χ2v) is 4.09. The summed E-state index contributed by atoms with van der Waals surface area (Å²) >= 11 is 1.43. The lowest BCUT2D eigenvalue weighted by Crippen LogP contribution is -2.21. The maximum atomic E-state index is 11.0. The van der Waals surface area contributed by atoms with Gasteiger partial charge < -0.3 is 0 Å². The fourth-order valence-corrected chi connectivity index (χ4v) is 1.64. The number of carbonyl (C=O) groups is 2. The van der Waals surface area contributed by atoms with Crippen molar-refractivity contribution in [2.75, 3.05) is 5.75 Å².